The van der Waals surface area contributed by atoms with Crippen LogP contribution in [0.4, 0.5) is 11.4 Å². The second-order valence-electron chi connectivity index (χ2n) is 3.56. The summed E-state index contributed by atoms with van der Waals surface area (Å²) in [5, 5.41) is 3.04. The van der Waals surface area contributed by atoms with Crippen LogP contribution in [0.15, 0.2) is 18.5 Å². The molecule has 3 N–H and O–H groups in total. The molecule has 0 aromatic carbocycles. The van der Waals surface area contributed by atoms with Crippen molar-refractivity contribution in [3.63, 3.8) is 0 Å². The zero-order valence-electron chi connectivity index (χ0n) is 9.19. The molecule has 0 fully saturated rings. The number of nitrogens with one attached hydrogen (secondary N) is 1. The van der Waals surface area contributed by atoms with E-state index < -0.39 is 0 Å². The van der Waals surface area contributed by atoms with E-state index in [2.05, 4.69) is 10.3 Å². The number of likely N-dealkylation sites (N-methyl/N-ethyl adjacent to an activating group) is 1. The minimum Gasteiger partial charge on any atom is -0.396 e. The first kappa shape index (κ1) is 11.3. The first-order valence-corrected chi connectivity index (χ1v) is 4.69. The molecule has 0 aliphatic heterocycles. The van der Waals surface area contributed by atoms with Gasteiger partial charge in [-0.1, -0.05) is 0 Å². The van der Waals surface area contributed by atoms with Crippen molar-refractivity contribution in [3.05, 3.63) is 18.5 Å². The van der Waals surface area contributed by atoms with Gasteiger partial charge in [-0.25, -0.2) is 0 Å². The van der Waals surface area contributed by atoms with Crippen LogP contribution in [0.3, 0.4) is 0 Å². The lowest BCUT2D eigenvalue weighted by Crippen LogP contribution is -2.36. The number of nitrogens with zero attached hydrogens (tertiary/aromatic N) is 2. The lowest BCUT2D eigenvalue weighted by molar-refractivity contribution is -0.129. The lowest BCUT2D eigenvalue weighted by Gasteiger charge is -2.19. The van der Waals surface area contributed by atoms with Crippen LogP contribution in [0.5, 0.6) is 0 Å². The number of pyridine rings is 1. The molecule has 0 saturated carbocycles. The standard InChI is InChI=1S/C10H16N4O/c1-7(10(15)14(2)3)13-9-4-5-12-6-8(9)11/h4-7H,11H2,1-3H3,(H,12,13). The topological polar surface area (TPSA) is 71.2 Å². The number of nitrogens with two attached hydrogens (primary N) is 1. The largest absolute Gasteiger partial charge is 0.396 e. The first-order valence-electron chi connectivity index (χ1n) is 4.69. The summed E-state index contributed by atoms with van der Waals surface area (Å²) in [6.45, 7) is 1.79. The average molecular weight is 208 g/mol. The van der Waals surface area contributed by atoms with Gasteiger partial charge >= 0.3 is 0 Å². The van der Waals surface area contributed by atoms with Crippen LogP contribution >= 0.6 is 0 Å². The molecule has 0 radical (unpaired) electrons. The Labute approximate surface area is 89.3 Å². The molecule has 5 nitrogen and oxygen atoms in total. The second-order valence-corrected chi connectivity index (χ2v) is 3.56. The molecule has 1 aromatic rings. The fraction of sp³-hybridized carbons (Fsp3) is 0.400. The van der Waals surface area contributed by atoms with Gasteiger partial charge in [-0.05, 0) is 13.0 Å². The average Bonchev–Trinajstić information content (AvgIpc) is 2.20. The summed E-state index contributed by atoms with van der Waals surface area (Å²) in [5.74, 6) is 0.00575. The molecule has 15 heavy (non-hydrogen) atoms. The van der Waals surface area contributed by atoms with E-state index in [4.69, 9.17) is 5.73 Å². The number of carbonyl (C=O) groups is 1. The maximum Gasteiger partial charge on any atom is 0.244 e. The number of anilines is 2. The summed E-state index contributed by atoms with van der Waals surface area (Å²) in [5.41, 5.74) is 6.96. The van der Waals surface area contributed by atoms with Gasteiger partial charge in [0.25, 0.3) is 0 Å². The van der Waals surface area contributed by atoms with Crippen molar-refractivity contribution in [1.82, 2.24) is 9.88 Å². The number of carbonyl (C=O) groups excluding carboxylic acids is 1. The number of aromatic nitrogens is 1. The van der Waals surface area contributed by atoms with Gasteiger partial charge in [-0.15, -0.1) is 0 Å². The van der Waals surface area contributed by atoms with Crippen LogP contribution in [0.25, 0.3) is 0 Å². The molecule has 1 unspecified atom stereocenters. The van der Waals surface area contributed by atoms with Crippen LogP contribution in [-0.4, -0.2) is 35.9 Å². The Kier molecular flexibility index (Phi) is 3.49. The quantitative estimate of drug-likeness (QED) is 0.761. The van der Waals surface area contributed by atoms with Crippen LogP contribution < -0.4 is 11.1 Å². The third-order valence-corrected chi connectivity index (χ3v) is 2.04. The zero-order valence-corrected chi connectivity index (χ0v) is 9.19. The van der Waals surface area contributed by atoms with Crippen molar-refractivity contribution in [2.45, 2.75) is 13.0 Å². The van der Waals surface area contributed by atoms with Crippen molar-refractivity contribution in [2.24, 2.45) is 0 Å². The number of amides is 1. The molecule has 0 aliphatic rings. The predicted octanol–water partition coefficient (Wildman–Crippen LogP) is 0.552. The molecule has 1 heterocycles. The van der Waals surface area contributed by atoms with E-state index in [0.717, 1.165) is 5.69 Å². The molecule has 0 bridgehead atoms. The first-order chi connectivity index (χ1) is 7.02. The molecule has 82 valence electrons. The Morgan fingerprint density at radius 3 is 2.80 bits per heavy atom. The predicted molar refractivity (Wildman–Crippen MR) is 60.4 cm³/mol. The summed E-state index contributed by atoms with van der Waals surface area (Å²) >= 11 is 0. The Morgan fingerprint density at radius 1 is 1.60 bits per heavy atom. The van der Waals surface area contributed by atoms with Crippen molar-refractivity contribution >= 4 is 17.3 Å². The number of hydrogen-bond acceptors (Lipinski definition) is 4. The van der Waals surface area contributed by atoms with E-state index in [1.807, 2.05) is 0 Å². The molecule has 5 heteroatoms. The highest BCUT2D eigenvalue weighted by molar-refractivity contribution is 5.85. The van der Waals surface area contributed by atoms with Crippen LogP contribution in [0, 0.1) is 0 Å². The summed E-state index contributed by atoms with van der Waals surface area (Å²) in [6.07, 6.45) is 3.18. The molecule has 1 atom stereocenters. The van der Waals surface area contributed by atoms with Crippen molar-refractivity contribution in [3.8, 4) is 0 Å². The molecule has 1 aromatic heterocycles. The smallest absolute Gasteiger partial charge is 0.244 e. The van der Waals surface area contributed by atoms with E-state index in [9.17, 15) is 4.79 Å². The fourth-order valence-electron chi connectivity index (χ4n) is 1.22. The normalized spacial score (nSPS) is 11.9. The van der Waals surface area contributed by atoms with Gasteiger partial charge in [-0.3, -0.25) is 9.78 Å². The van der Waals surface area contributed by atoms with Crippen LogP contribution in [0.2, 0.25) is 0 Å². The minimum atomic E-state index is -0.301. The van der Waals surface area contributed by atoms with E-state index in [0.29, 0.717) is 5.69 Å². The van der Waals surface area contributed by atoms with E-state index in [1.54, 1.807) is 39.5 Å². The van der Waals surface area contributed by atoms with E-state index in [-0.39, 0.29) is 11.9 Å². The third-order valence-electron chi connectivity index (χ3n) is 2.04. The van der Waals surface area contributed by atoms with E-state index >= 15 is 0 Å². The Morgan fingerprint density at radius 2 is 2.27 bits per heavy atom. The Balaban J connectivity index is 2.71. The highest BCUT2D eigenvalue weighted by atomic mass is 16.2. The molecule has 0 aliphatic carbocycles. The molecular weight excluding hydrogens is 192 g/mol. The highest BCUT2D eigenvalue weighted by Gasteiger charge is 2.14. The molecule has 1 amide bonds. The van der Waals surface area contributed by atoms with Crippen LogP contribution in [0.1, 0.15) is 6.92 Å². The minimum absolute atomic E-state index is 0.00575. The molecule has 0 spiro atoms. The van der Waals surface area contributed by atoms with Crippen molar-refractivity contribution < 1.29 is 4.79 Å². The lowest BCUT2D eigenvalue weighted by atomic mass is 10.2. The van der Waals surface area contributed by atoms with Gasteiger partial charge < -0.3 is 16.0 Å². The van der Waals surface area contributed by atoms with Gasteiger partial charge in [-0.2, -0.15) is 0 Å². The monoisotopic (exact) mass is 208 g/mol. The molecule has 0 saturated heterocycles. The summed E-state index contributed by atoms with van der Waals surface area (Å²) in [4.78, 5) is 17.0. The number of hydrogen-bond donors (Lipinski definition) is 2. The Bertz CT molecular complexity index is 351. The van der Waals surface area contributed by atoms with Gasteiger partial charge in [0.15, 0.2) is 0 Å². The third kappa shape index (κ3) is 2.83. The van der Waals surface area contributed by atoms with Crippen molar-refractivity contribution in [2.75, 3.05) is 25.1 Å². The number of nitrogen functional groups attached to an aromatic ring is 1. The molecule has 1 rings (SSSR count). The summed E-state index contributed by atoms with van der Waals surface area (Å²) in [7, 11) is 3.44. The molecular formula is C10H16N4O. The summed E-state index contributed by atoms with van der Waals surface area (Å²) in [6, 6.07) is 1.44. The van der Waals surface area contributed by atoms with E-state index in [1.165, 1.54) is 4.90 Å². The van der Waals surface area contributed by atoms with Gasteiger partial charge in [0, 0.05) is 20.3 Å². The van der Waals surface area contributed by atoms with Gasteiger partial charge in [0.1, 0.15) is 6.04 Å². The number of rotatable bonds is 3. The highest BCUT2D eigenvalue weighted by Crippen LogP contribution is 2.16. The van der Waals surface area contributed by atoms with Gasteiger partial charge in [0.2, 0.25) is 5.91 Å². The summed E-state index contributed by atoms with van der Waals surface area (Å²) < 4.78 is 0. The SMILES string of the molecule is CC(Nc1ccncc1N)C(=O)N(C)C. The zero-order chi connectivity index (χ0) is 11.4. The van der Waals surface area contributed by atoms with Crippen LogP contribution in [-0.2, 0) is 4.79 Å². The fourth-order valence-corrected chi connectivity index (χ4v) is 1.22. The van der Waals surface area contributed by atoms with Gasteiger partial charge in [0.05, 0.1) is 17.6 Å². The van der Waals surface area contributed by atoms with Crippen molar-refractivity contribution in [1.29, 1.82) is 0 Å². The maximum atomic E-state index is 11.6. The second kappa shape index (κ2) is 4.63. The Hall–Kier alpha value is -1.78. The maximum absolute atomic E-state index is 11.6.